The summed E-state index contributed by atoms with van der Waals surface area (Å²) in [6, 6.07) is 5.04. The van der Waals surface area contributed by atoms with Gasteiger partial charge in [0.15, 0.2) is 0 Å². The van der Waals surface area contributed by atoms with E-state index in [2.05, 4.69) is 21.2 Å². The molecule has 1 unspecified atom stereocenters. The Bertz CT molecular complexity index is 550. The smallest absolute Gasteiger partial charge is 0.244 e. The number of nitrogens with one attached hydrogen (secondary N) is 1. The molecule has 1 aromatic rings. The molecule has 0 aromatic heterocycles. The summed E-state index contributed by atoms with van der Waals surface area (Å²) >= 11 is 9.28. The minimum atomic E-state index is -3.49. The molecule has 4 nitrogen and oxygen atoms in total. The van der Waals surface area contributed by atoms with E-state index >= 15 is 0 Å². The molecular formula is C11H14BrClN2O2S. The van der Waals surface area contributed by atoms with Crippen molar-refractivity contribution in [3.05, 3.63) is 27.7 Å². The van der Waals surface area contributed by atoms with Gasteiger partial charge in [-0.2, -0.15) is 4.31 Å². The standard InChI is InChI=1S/C11H14BrClN2O2S/c1-14-9-4-5-15(7-9)18(16,17)11-3-2-8(12)6-10(11)13/h2-3,6,9,14H,4-5,7H2,1H3. The quantitative estimate of drug-likeness (QED) is 0.905. The van der Waals surface area contributed by atoms with Crippen LogP contribution in [0.15, 0.2) is 27.6 Å². The topological polar surface area (TPSA) is 49.4 Å². The van der Waals surface area contributed by atoms with Crippen LogP contribution in [0.2, 0.25) is 5.02 Å². The van der Waals surface area contributed by atoms with Crippen molar-refractivity contribution in [2.75, 3.05) is 20.1 Å². The summed E-state index contributed by atoms with van der Waals surface area (Å²) in [5.41, 5.74) is 0. The Morgan fingerprint density at radius 1 is 1.50 bits per heavy atom. The number of rotatable bonds is 3. The summed E-state index contributed by atoms with van der Waals surface area (Å²) in [5, 5.41) is 3.34. The van der Waals surface area contributed by atoms with Crippen molar-refractivity contribution < 1.29 is 8.42 Å². The molecule has 1 N–H and O–H groups in total. The van der Waals surface area contributed by atoms with Crippen molar-refractivity contribution in [3.63, 3.8) is 0 Å². The molecule has 1 aliphatic rings. The molecule has 18 heavy (non-hydrogen) atoms. The number of halogens is 2. The van der Waals surface area contributed by atoms with Crippen molar-refractivity contribution in [2.45, 2.75) is 17.4 Å². The highest BCUT2D eigenvalue weighted by Gasteiger charge is 2.33. The molecule has 0 saturated carbocycles. The van der Waals surface area contributed by atoms with Crippen LogP contribution in [0, 0.1) is 0 Å². The second kappa shape index (κ2) is 5.46. The Labute approximate surface area is 120 Å². The lowest BCUT2D eigenvalue weighted by atomic mass is 10.3. The first-order chi connectivity index (χ1) is 8.45. The zero-order chi connectivity index (χ0) is 13.3. The van der Waals surface area contributed by atoms with Gasteiger partial charge in [0.1, 0.15) is 4.90 Å². The SMILES string of the molecule is CNC1CCN(S(=O)(=O)c2ccc(Br)cc2Cl)C1. The third kappa shape index (κ3) is 2.72. The van der Waals surface area contributed by atoms with Crippen molar-refractivity contribution in [2.24, 2.45) is 0 Å². The molecule has 2 rings (SSSR count). The van der Waals surface area contributed by atoms with Crippen molar-refractivity contribution >= 4 is 37.6 Å². The lowest BCUT2D eigenvalue weighted by Gasteiger charge is -2.17. The number of likely N-dealkylation sites (N-methyl/N-ethyl adjacent to an activating group) is 1. The monoisotopic (exact) mass is 352 g/mol. The fraction of sp³-hybridized carbons (Fsp3) is 0.455. The number of hydrogen-bond donors (Lipinski definition) is 1. The molecule has 0 amide bonds. The molecule has 1 heterocycles. The van der Waals surface area contributed by atoms with Crippen LogP contribution >= 0.6 is 27.5 Å². The normalized spacial score (nSPS) is 21.4. The van der Waals surface area contributed by atoms with Crippen LogP contribution in [0.1, 0.15) is 6.42 Å². The van der Waals surface area contributed by atoms with Crippen LogP contribution in [-0.4, -0.2) is 38.9 Å². The Hall–Kier alpha value is -0.140. The van der Waals surface area contributed by atoms with Crippen molar-refractivity contribution in [3.8, 4) is 0 Å². The summed E-state index contributed by atoms with van der Waals surface area (Å²) in [5.74, 6) is 0. The second-order valence-electron chi connectivity index (χ2n) is 4.21. The van der Waals surface area contributed by atoms with Gasteiger partial charge in [-0.1, -0.05) is 27.5 Å². The summed E-state index contributed by atoms with van der Waals surface area (Å²) in [6.07, 6.45) is 0.823. The minimum absolute atomic E-state index is 0.170. The van der Waals surface area contributed by atoms with Crippen LogP contribution in [0.25, 0.3) is 0 Å². The molecule has 0 bridgehead atoms. The van der Waals surface area contributed by atoms with E-state index in [-0.39, 0.29) is 16.0 Å². The number of sulfonamides is 1. The van der Waals surface area contributed by atoms with Crippen LogP contribution in [0.4, 0.5) is 0 Å². The van der Waals surface area contributed by atoms with E-state index in [9.17, 15) is 8.42 Å². The van der Waals surface area contributed by atoms with Crippen LogP contribution in [0.3, 0.4) is 0 Å². The first-order valence-corrected chi connectivity index (χ1v) is 8.18. The van der Waals surface area contributed by atoms with Gasteiger partial charge >= 0.3 is 0 Å². The highest BCUT2D eigenvalue weighted by atomic mass is 79.9. The molecule has 1 fully saturated rings. The third-order valence-electron chi connectivity index (χ3n) is 3.07. The summed E-state index contributed by atoms with van der Waals surface area (Å²) in [4.78, 5) is 0.170. The average molecular weight is 354 g/mol. The van der Waals surface area contributed by atoms with Crippen molar-refractivity contribution in [1.82, 2.24) is 9.62 Å². The van der Waals surface area contributed by atoms with E-state index in [1.807, 2.05) is 7.05 Å². The van der Waals surface area contributed by atoms with E-state index < -0.39 is 10.0 Å². The number of benzene rings is 1. The predicted molar refractivity (Wildman–Crippen MR) is 75.4 cm³/mol. The van der Waals surface area contributed by atoms with Gasteiger partial charge in [0.25, 0.3) is 0 Å². The summed E-state index contributed by atoms with van der Waals surface area (Å²) < 4.78 is 27.1. The highest BCUT2D eigenvalue weighted by molar-refractivity contribution is 9.10. The third-order valence-corrected chi connectivity index (χ3v) is 5.91. The Kier molecular flexibility index (Phi) is 4.33. The molecule has 1 aromatic carbocycles. The fourth-order valence-electron chi connectivity index (χ4n) is 2.01. The van der Waals surface area contributed by atoms with Crippen molar-refractivity contribution in [1.29, 1.82) is 0 Å². The molecule has 0 spiro atoms. The molecular weight excluding hydrogens is 340 g/mol. The molecule has 1 aliphatic heterocycles. The van der Waals surface area contributed by atoms with Crippen LogP contribution in [0.5, 0.6) is 0 Å². The Balaban J connectivity index is 2.31. The van der Waals surface area contributed by atoms with E-state index in [1.54, 1.807) is 12.1 Å². The maximum Gasteiger partial charge on any atom is 0.244 e. The zero-order valence-electron chi connectivity index (χ0n) is 9.86. The first-order valence-electron chi connectivity index (χ1n) is 5.57. The molecule has 100 valence electrons. The van der Waals surface area contributed by atoms with E-state index in [1.165, 1.54) is 10.4 Å². The zero-order valence-corrected chi connectivity index (χ0v) is 13.0. The Morgan fingerprint density at radius 3 is 2.78 bits per heavy atom. The van der Waals surface area contributed by atoms with Gasteiger partial charge in [0.2, 0.25) is 10.0 Å². The highest BCUT2D eigenvalue weighted by Crippen LogP contribution is 2.29. The van der Waals surface area contributed by atoms with Gasteiger partial charge < -0.3 is 5.32 Å². The van der Waals surface area contributed by atoms with E-state index in [4.69, 9.17) is 11.6 Å². The van der Waals surface area contributed by atoms with Gasteiger partial charge in [0, 0.05) is 23.6 Å². The van der Waals surface area contributed by atoms with Gasteiger partial charge in [-0.25, -0.2) is 8.42 Å². The minimum Gasteiger partial charge on any atom is -0.316 e. The second-order valence-corrected chi connectivity index (χ2v) is 7.44. The lowest BCUT2D eigenvalue weighted by Crippen LogP contribution is -2.33. The van der Waals surface area contributed by atoms with Gasteiger partial charge in [0.05, 0.1) is 5.02 Å². The lowest BCUT2D eigenvalue weighted by molar-refractivity contribution is 0.464. The Morgan fingerprint density at radius 2 is 2.22 bits per heavy atom. The largest absolute Gasteiger partial charge is 0.316 e. The van der Waals surface area contributed by atoms with Crippen LogP contribution < -0.4 is 5.32 Å². The molecule has 0 radical (unpaired) electrons. The summed E-state index contributed by atoms with van der Waals surface area (Å²) in [6.45, 7) is 1.02. The predicted octanol–water partition coefficient (Wildman–Crippen LogP) is 2.08. The first kappa shape index (κ1) is 14.3. The number of nitrogens with zero attached hydrogens (tertiary/aromatic N) is 1. The maximum atomic E-state index is 12.4. The van der Waals surface area contributed by atoms with E-state index in [0.717, 1.165) is 10.9 Å². The molecule has 7 heteroatoms. The van der Waals surface area contributed by atoms with Crippen LogP contribution in [-0.2, 0) is 10.0 Å². The fourth-order valence-corrected chi connectivity index (χ4v) is 4.52. The van der Waals surface area contributed by atoms with Gasteiger partial charge in [-0.05, 0) is 31.7 Å². The molecule has 0 aliphatic carbocycles. The summed E-state index contributed by atoms with van der Waals surface area (Å²) in [7, 11) is -1.65. The molecule has 1 atom stereocenters. The molecule has 1 saturated heterocycles. The number of hydrogen-bond acceptors (Lipinski definition) is 3. The van der Waals surface area contributed by atoms with Gasteiger partial charge in [-0.3, -0.25) is 0 Å². The maximum absolute atomic E-state index is 12.4. The van der Waals surface area contributed by atoms with Gasteiger partial charge in [-0.15, -0.1) is 0 Å². The van der Waals surface area contributed by atoms with E-state index in [0.29, 0.717) is 13.1 Å². The average Bonchev–Trinajstić information content (AvgIpc) is 2.77.